The number of ether oxygens (including phenoxy) is 2. The fourth-order valence-electron chi connectivity index (χ4n) is 1.70. The fourth-order valence-corrected chi connectivity index (χ4v) is 2.33. The zero-order valence-corrected chi connectivity index (χ0v) is 14.5. The van der Waals surface area contributed by atoms with E-state index < -0.39 is 24.5 Å². The lowest BCUT2D eigenvalue weighted by molar-refractivity contribution is -0.144. The molecule has 6 nitrogen and oxygen atoms in total. The molecule has 0 heterocycles. The van der Waals surface area contributed by atoms with Crippen molar-refractivity contribution < 1.29 is 23.9 Å². The second kappa shape index (κ2) is 9.78. The van der Waals surface area contributed by atoms with Crippen molar-refractivity contribution in [2.75, 3.05) is 13.2 Å². The van der Waals surface area contributed by atoms with Crippen LogP contribution < -0.4 is 5.32 Å². The molecular formula is C16H18BrNO5. The van der Waals surface area contributed by atoms with Crippen LogP contribution in [-0.2, 0) is 23.9 Å². The lowest BCUT2D eigenvalue weighted by Crippen LogP contribution is -2.31. The van der Waals surface area contributed by atoms with Crippen LogP contribution in [0.15, 0.2) is 40.9 Å². The van der Waals surface area contributed by atoms with Gasteiger partial charge >= 0.3 is 11.9 Å². The van der Waals surface area contributed by atoms with Gasteiger partial charge in [-0.15, -0.1) is 0 Å². The molecule has 0 aliphatic heterocycles. The summed E-state index contributed by atoms with van der Waals surface area (Å²) in [6.07, 6.45) is 1.87. The highest BCUT2D eigenvalue weighted by atomic mass is 79.9. The van der Waals surface area contributed by atoms with Crippen molar-refractivity contribution in [3.05, 3.63) is 46.5 Å². The molecule has 1 aromatic rings. The van der Waals surface area contributed by atoms with Crippen LogP contribution in [0.2, 0.25) is 0 Å². The molecule has 0 aromatic heterocycles. The largest absolute Gasteiger partial charge is 0.463 e. The van der Waals surface area contributed by atoms with E-state index in [-0.39, 0.29) is 12.6 Å². The van der Waals surface area contributed by atoms with Crippen molar-refractivity contribution in [1.29, 1.82) is 0 Å². The van der Waals surface area contributed by atoms with E-state index in [0.717, 1.165) is 22.2 Å². The summed E-state index contributed by atoms with van der Waals surface area (Å²) in [6.45, 7) is 3.26. The SMILES string of the molecule is CCOC(=O)/C=C/C(=O)OCC(=O)N[C@H](C)c1ccccc1Br. The summed E-state index contributed by atoms with van der Waals surface area (Å²) in [6, 6.07) is 7.25. The third kappa shape index (κ3) is 7.10. The maximum absolute atomic E-state index is 11.8. The van der Waals surface area contributed by atoms with Gasteiger partial charge in [0.1, 0.15) is 0 Å². The van der Waals surface area contributed by atoms with Crippen LogP contribution in [0.25, 0.3) is 0 Å². The predicted molar refractivity (Wildman–Crippen MR) is 87.4 cm³/mol. The first-order chi connectivity index (χ1) is 10.9. The summed E-state index contributed by atoms with van der Waals surface area (Å²) >= 11 is 3.41. The lowest BCUT2D eigenvalue weighted by Gasteiger charge is -2.15. The third-order valence-electron chi connectivity index (χ3n) is 2.74. The van der Waals surface area contributed by atoms with Gasteiger partial charge in [0.25, 0.3) is 5.91 Å². The van der Waals surface area contributed by atoms with E-state index in [0.29, 0.717) is 0 Å². The topological polar surface area (TPSA) is 81.7 Å². The minimum atomic E-state index is -0.790. The maximum Gasteiger partial charge on any atom is 0.331 e. The number of carbonyl (C=O) groups excluding carboxylic acids is 3. The molecule has 7 heteroatoms. The molecule has 1 rings (SSSR count). The van der Waals surface area contributed by atoms with Crippen molar-refractivity contribution in [2.24, 2.45) is 0 Å². The Labute approximate surface area is 143 Å². The molecule has 0 saturated heterocycles. The van der Waals surface area contributed by atoms with Crippen molar-refractivity contribution in [2.45, 2.75) is 19.9 Å². The van der Waals surface area contributed by atoms with Gasteiger partial charge in [0.15, 0.2) is 6.61 Å². The number of nitrogens with one attached hydrogen (secondary N) is 1. The minimum Gasteiger partial charge on any atom is -0.463 e. The highest BCUT2D eigenvalue weighted by Gasteiger charge is 2.13. The van der Waals surface area contributed by atoms with E-state index in [1.54, 1.807) is 6.92 Å². The van der Waals surface area contributed by atoms with Crippen LogP contribution in [0.3, 0.4) is 0 Å². The van der Waals surface area contributed by atoms with Gasteiger partial charge in [-0.2, -0.15) is 0 Å². The van der Waals surface area contributed by atoms with Gasteiger partial charge in [-0.3, -0.25) is 4.79 Å². The molecule has 0 radical (unpaired) electrons. The maximum atomic E-state index is 11.8. The van der Waals surface area contributed by atoms with Gasteiger partial charge in [0.2, 0.25) is 0 Å². The molecule has 23 heavy (non-hydrogen) atoms. The molecule has 1 amide bonds. The molecule has 1 aromatic carbocycles. The Kier molecular flexibility index (Phi) is 8.04. The number of esters is 2. The fraction of sp³-hybridized carbons (Fsp3) is 0.312. The van der Waals surface area contributed by atoms with Crippen LogP contribution in [-0.4, -0.2) is 31.1 Å². The third-order valence-corrected chi connectivity index (χ3v) is 3.46. The summed E-state index contributed by atoms with van der Waals surface area (Å²) in [7, 11) is 0. The van der Waals surface area contributed by atoms with Gasteiger partial charge in [-0.1, -0.05) is 34.1 Å². The van der Waals surface area contributed by atoms with Gasteiger partial charge in [0.05, 0.1) is 12.6 Å². The van der Waals surface area contributed by atoms with E-state index in [9.17, 15) is 14.4 Å². The molecule has 0 fully saturated rings. The molecule has 1 N–H and O–H groups in total. The molecule has 0 aliphatic rings. The zero-order valence-electron chi connectivity index (χ0n) is 12.9. The number of hydrogen-bond donors (Lipinski definition) is 1. The van der Waals surface area contributed by atoms with E-state index >= 15 is 0 Å². The number of halogens is 1. The van der Waals surface area contributed by atoms with Crippen LogP contribution in [0.4, 0.5) is 0 Å². The quantitative estimate of drug-likeness (QED) is 0.576. The first kappa shape index (κ1) is 18.9. The van der Waals surface area contributed by atoms with Crippen molar-refractivity contribution in [1.82, 2.24) is 5.32 Å². The van der Waals surface area contributed by atoms with Crippen molar-refractivity contribution in [3.63, 3.8) is 0 Å². The van der Waals surface area contributed by atoms with Crippen molar-refractivity contribution in [3.8, 4) is 0 Å². The highest BCUT2D eigenvalue weighted by Crippen LogP contribution is 2.22. The smallest absolute Gasteiger partial charge is 0.331 e. The van der Waals surface area contributed by atoms with E-state index in [1.807, 2.05) is 31.2 Å². The number of hydrogen-bond acceptors (Lipinski definition) is 5. The molecule has 0 unspecified atom stereocenters. The Bertz CT molecular complexity index is 600. The normalized spacial score (nSPS) is 11.8. The second-order valence-corrected chi connectivity index (χ2v) is 5.36. The Hall–Kier alpha value is -2.15. The van der Waals surface area contributed by atoms with E-state index in [2.05, 4.69) is 26.0 Å². The van der Waals surface area contributed by atoms with Crippen LogP contribution in [0.1, 0.15) is 25.5 Å². The van der Waals surface area contributed by atoms with E-state index in [4.69, 9.17) is 4.74 Å². The summed E-state index contributed by atoms with van der Waals surface area (Å²) in [5, 5.41) is 2.72. The predicted octanol–water partition coefficient (Wildman–Crippen LogP) is 2.29. The Balaban J connectivity index is 2.41. The average Bonchev–Trinajstić information content (AvgIpc) is 2.51. The molecule has 0 aliphatic carbocycles. The van der Waals surface area contributed by atoms with Gasteiger partial charge in [-0.25, -0.2) is 9.59 Å². The second-order valence-electron chi connectivity index (χ2n) is 4.50. The molecular weight excluding hydrogens is 366 g/mol. The molecule has 0 saturated carbocycles. The molecule has 0 bridgehead atoms. The Morgan fingerprint density at radius 3 is 2.39 bits per heavy atom. The molecule has 124 valence electrons. The Morgan fingerprint density at radius 1 is 1.17 bits per heavy atom. The van der Waals surface area contributed by atoms with Crippen molar-refractivity contribution >= 4 is 33.8 Å². The summed E-state index contributed by atoms with van der Waals surface area (Å²) in [5.41, 5.74) is 0.911. The van der Waals surface area contributed by atoms with Crippen LogP contribution in [0.5, 0.6) is 0 Å². The van der Waals surface area contributed by atoms with Crippen LogP contribution in [0, 0.1) is 0 Å². The molecule has 1 atom stereocenters. The first-order valence-electron chi connectivity index (χ1n) is 6.99. The summed E-state index contributed by atoms with van der Waals surface area (Å²) in [5.74, 6) is -1.87. The van der Waals surface area contributed by atoms with Gasteiger partial charge < -0.3 is 14.8 Å². The highest BCUT2D eigenvalue weighted by molar-refractivity contribution is 9.10. The number of carbonyl (C=O) groups is 3. The summed E-state index contributed by atoms with van der Waals surface area (Å²) < 4.78 is 10.2. The minimum absolute atomic E-state index is 0.216. The standard InChI is InChI=1S/C16H18BrNO5/c1-3-22-15(20)8-9-16(21)23-10-14(19)18-11(2)12-6-4-5-7-13(12)17/h4-9,11H,3,10H2,1-2H3,(H,18,19)/b9-8+/t11-/m1/s1. The number of amides is 1. The number of benzene rings is 1. The van der Waals surface area contributed by atoms with Gasteiger partial charge in [0, 0.05) is 16.6 Å². The zero-order chi connectivity index (χ0) is 17.2. The molecule has 0 spiro atoms. The lowest BCUT2D eigenvalue weighted by atomic mass is 10.1. The van der Waals surface area contributed by atoms with E-state index in [1.165, 1.54) is 0 Å². The van der Waals surface area contributed by atoms with Crippen LogP contribution >= 0.6 is 15.9 Å². The number of rotatable bonds is 7. The average molecular weight is 384 g/mol. The summed E-state index contributed by atoms with van der Waals surface area (Å²) in [4.78, 5) is 34.1. The first-order valence-corrected chi connectivity index (χ1v) is 7.78. The Morgan fingerprint density at radius 2 is 1.78 bits per heavy atom. The van der Waals surface area contributed by atoms with Gasteiger partial charge in [-0.05, 0) is 25.5 Å². The monoisotopic (exact) mass is 383 g/mol.